The standard InChI is InChI=1S/C21H25NO4/c1-3-4-5-12-25-20(24)17-16-10-11-21(26-16)13-22(19(23)18(17)21)15-8-6-14(2)7-9-15/h6-11,16-18H,3-5,12-13H2,1-2H3/t16-,17+,18-,21-/m1/s1. The highest BCUT2D eigenvalue weighted by molar-refractivity contribution is 6.02. The van der Waals surface area contributed by atoms with Gasteiger partial charge in [0, 0.05) is 5.69 Å². The molecule has 5 nitrogen and oxygen atoms in total. The number of esters is 1. The summed E-state index contributed by atoms with van der Waals surface area (Å²) in [6.45, 7) is 4.99. The van der Waals surface area contributed by atoms with Crippen molar-refractivity contribution >= 4 is 17.6 Å². The molecule has 138 valence electrons. The van der Waals surface area contributed by atoms with Crippen LogP contribution in [-0.2, 0) is 19.1 Å². The zero-order chi connectivity index (χ0) is 18.3. The molecule has 0 N–H and O–H groups in total. The summed E-state index contributed by atoms with van der Waals surface area (Å²) in [5.74, 6) is -1.38. The normalized spacial score (nSPS) is 31.5. The number of hydrogen-bond donors (Lipinski definition) is 0. The minimum Gasteiger partial charge on any atom is -0.465 e. The smallest absolute Gasteiger partial charge is 0.312 e. The third kappa shape index (κ3) is 2.65. The number of ether oxygens (including phenoxy) is 2. The number of aryl methyl sites for hydroxylation is 1. The average Bonchev–Trinajstić information content (AvgIpc) is 3.28. The zero-order valence-corrected chi connectivity index (χ0v) is 15.3. The van der Waals surface area contributed by atoms with Gasteiger partial charge in [0.2, 0.25) is 5.91 Å². The monoisotopic (exact) mass is 355 g/mol. The number of rotatable bonds is 6. The van der Waals surface area contributed by atoms with Crippen molar-refractivity contribution in [2.24, 2.45) is 11.8 Å². The van der Waals surface area contributed by atoms with E-state index in [4.69, 9.17) is 9.47 Å². The van der Waals surface area contributed by atoms with Crippen LogP contribution in [0.4, 0.5) is 5.69 Å². The number of carbonyl (C=O) groups excluding carboxylic acids is 2. The van der Waals surface area contributed by atoms with Crippen molar-refractivity contribution in [1.29, 1.82) is 0 Å². The van der Waals surface area contributed by atoms with Crippen molar-refractivity contribution in [3.05, 3.63) is 42.0 Å². The van der Waals surface area contributed by atoms with Crippen LogP contribution in [0, 0.1) is 18.8 Å². The van der Waals surface area contributed by atoms with Gasteiger partial charge in [0.05, 0.1) is 25.2 Å². The topological polar surface area (TPSA) is 55.8 Å². The van der Waals surface area contributed by atoms with Crippen LogP contribution < -0.4 is 4.90 Å². The van der Waals surface area contributed by atoms with Crippen molar-refractivity contribution in [1.82, 2.24) is 0 Å². The maximum atomic E-state index is 13.2. The fourth-order valence-electron chi connectivity index (χ4n) is 4.33. The Balaban J connectivity index is 1.53. The molecule has 0 saturated carbocycles. The minimum atomic E-state index is -0.695. The summed E-state index contributed by atoms with van der Waals surface area (Å²) in [6, 6.07) is 7.86. The quantitative estimate of drug-likeness (QED) is 0.447. The fourth-order valence-corrected chi connectivity index (χ4v) is 4.33. The lowest BCUT2D eigenvalue weighted by molar-refractivity contribution is -0.152. The summed E-state index contributed by atoms with van der Waals surface area (Å²) in [5, 5.41) is 0. The number of hydrogen-bond acceptors (Lipinski definition) is 4. The Morgan fingerprint density at radius 2 is 2.08 bits per heavy atom. The predicted molar refractivity (Wildman–Crippen MR) is 97.7 cm³/mol. The molecule has 2 saturated heterocycles. The molecule has 3 heterocycles. The second-order valence-electron chi connectivity index (χ2n) is 7.53. The molecule has 4 rings (SSSR count). The molecule has 4 atom stereocenters. The van der Waals surface area contributed by atoms with Crippen LogP contribution in [0.25, 0.3) is 0 Å². The van der Waals surface area contributed by atoms with Gasteiger partial charge in [0.1, 0.15) is 11.5 Å². The first-order chi connectivity index (χ1) is 12.6. The van der Waals surface area contributed by atoms with E-state index in [2.05, 4.69) is 6.92 Å². The molecule has 1 aromatic rings. The predicted octanol–water partition coefficient (Wildman–Crippen LogP) is 3.01. The molecule has 0 unspecified atom stereocenters. The van der Waals surface area contributed by atoms with E-state index in [0.717, 1.165) is 30.5 Å². The largest absolute Gasteiger partial charge is 0.465 e. The molecular formula is C21H25NO4. The van der Waals surface area contributed by atoms with Gasteiger partial charge in [0.15, 0.2) is 0 Å². The number of unbranched alkanes of at least 4 members (excludes halogenated alkanes) is 2. The van der Waals surface area contributed by atoms with Crippen LogP contribution >= 0.6 is 0 Å². The van der Waals surface area contributed by atoms with Crippen LogP contribution in [0.2, 0.25) is 0 Å². The van der Waals surface area contributed by atoms with E-state index in [0.29, 0.717) is 13.2 Å². The Morgan fingerprint density at radius 1 is 1.31 bits per heavy atom. The van der Waals surface area contributed by atoms with Gasteiger partial charge in [-0.25, -0.2) is 0 Å². The molecule has 2 bridgehead atoms. The Kier molecular flexibility index (Phi) is 4.35. The molecule has 1 aromatic carbocycles. The molecule has 0 aromatic heterocycles. The van der Waals surface area contributed by atoms with Crippen LogP contribution in [0.5, 0.6) is 0 Å². The van der Waals surface area contributed by atoms with E-state index < -0.39 is 17.4 Å². The van der Waals surface area contributed by atoms with Crippen LogP contribution in [0.3, 0.4) is 0 Å². The van der Waals surface area contributed by atoms with Gasteiger partial charge < -0.3 is 14.4 Å². The number of fused-ring (bicyclic) bond motifs is 1. The molecule has 3 aliphatic rings. The Morgan fingerprint density at radius 3 is 2.81 bits per heavy atom. The fraction of sp³-hybridized carbons (Fsp3) is 0.524. The maximum Gasteiger partial charge on any atom is 0.312 e. The SMILES string of the molecule is CCCCCOC(=O)[C@H]1[C@H]2C=C[C@]3(CN(c4ccc(C)cc4)C(=O)[C@@H]13)O2. The van der Waals surface area contributed by atoms with Gasteiger partial charge >= 0.3 is 5.97 Å². The maximum absolute atomic E-state index is 13.2. The van der Waals surface area contributed by atoms with Gasteiger partial charge in [-0.2, -0.15) is 0 Å². The molecule has 0 radical (unpaired) electrons. The summed E-state index contributed by atoms with van der Waals surface area (Å²) >= 11 is 0. The Bertz CT molecular complexity index is 741. The van der Waals surface area contributed by atoms with Crippen molar-refractivity contribution < 1.29 is 19.1 Å². The first kappa shape index (κ1) is 17.3. The molecule has 5 heteroatoms. The van der Waals surface area contributed by atoms with Crippen LogP contribution in [-0.4, -0.2) is 36.7 Å². The lowest BCUT2D eigenvalue weighted by Crippen LogP contribution is -2.40. The second-order valence-corrected chi connectivity index (χ2v) is 7.53. The van der Waals surface area contributed by atoms with Gasteiger partial charge in [-0.05, 0) is 25.5 Å². The molecule has 0 aliphatic carbocycles. The summed E-state index contributed by atoms with van der Waals surface area (Å²) < 4.78 is 11.6. The first-order valence-electron chi connectivity index (χ1n) is 9.47. The molecule has 2 fully saturated rings. The molecule has 3 aliphatic heterocycles. The summed E-state index contributed by atoms with van der Waals surface area (Å²) in [5.41, 5.74) is 1.30. The second kappa shape index (κ2) is 6.54. The first-order valence-corrected chi connectivity index (χ1v) is 9.47. The van der Waals surface area contributed by atoms with E-state index >= 15 is 0 Å². The molecular weight excluding hydrogens is 330 g/mol. The Labute approximate surface area is 154 Å². The number of benzene rings is 1. The van der Waals surface area contributed by atoms with Crippen molar-refractivity contribution in [3.63, 3.8) is 0 Å². The van der Waals surface area contributed by atoms with Crippen molar-refractivity contribution in [3.8, 4) is 0 Å². The lowest BCUT2D eigenvalue weighted by Gasteiger charge is -2.22. The van der Waals surface area contributed by atoms with E-state index in [1.807, 2.05) is 43.3 Å². The third-order valence-electron chi connectivity index (χ3n) is 5.71. The summed E-state index contributed by atoms with van der Waals surface area (Å²) in [6.07, 6.45) is 6.50. The number of nitrogens with zero attached hydrogens (tertiary/aromatic N) is 1. The number of amides is 1. The van der Waals surface area contributed by atoms with Gasteiger partial charge in [-0.15, -0.1) is 0 Å². The molecule has 26 heavy (non-hydrogen) atoms. The van der Waals surface area contributed by atoms with Crippen LogP contribution in [0.15, 0.2) is 36.4 Å². The highest BCUT2D eigenvalue weighted by Gasteiger charge is 2.67. The van der Waals surface area contributed by atoms with Gasteiger partial charge in [0.25, 0.3) is 0 Å². The van der Waals surface area contributed by atoms with Crippen LogP contribution in [0.1, 0.15) is 31.7 Å². The average molecular weight is 355 g/mol. The third-order valence-corrected chi connectivity index (χ3v) is 5.71. The highest BCUT2D eigenvalue weighted by atomic mass is 16.6. The summed E-state index contributed by atoms with van der Waals surface area (Å²) in [4.78, 5) is 27.6. The highest BCUT2D eigenvalue weighted by Crippen LogP contribution is 2.52. The number of anilines is 1. The minimum absolute atomic E-state index is 0.0452. The van der Waals surface area contributed by atoms with Gasteiger partial charge in [-0.1, -0.05) is 49.6 Å². The lowest BCUT2D eigenvalue weighted by atomic mass is 9.77. The zero-order valence-electron chi connectivity index (χ0n) is 15.3. The Hall–Kier alpha value is -2.14. The van der Waals surface area contributed by atoms with E-state index in [1.165, 1.54) is 0 Å². The van der Waals surface area contributed by atoms with Crippen molar-refractivity contribution in [2.75, 3.05) is 18.1 Å². The van der Waals surface area contributed by atoms with E-state index in [1.54, 1.807) is 4.90 Å². The molecule has 1 amide bonds. The van der Waals surface area contributed by atoms with Crippen molar-refractivity contribution in [2.45, 2.75) is 44.8 Å². The summed E-state index contributed by atoms with van der Waals surface area (Å²) in [7, 11) is 0. The number of carbonyl (C=O) groups is 2. The van der Waals surface area contributed by atoms with E-state index in [-0.39, 0.29) is 18.0 Å². The molecule has 1 spiro atoms. The van der Waals surface area contributed by atoms with E-state index in [9.17, 15) is 9.59 Å². The van der Waals surface area contributed by atoms with Gasteiger partial charge in [-0.3, -0.25) is 9.59 Å².